The van der Waals surface area contributed by atoms with Gasteiger partial charge in [-0.05, 0) is 66.6 Å². The van der Waals surface area contributed by atoms with E-state index in [1.165, 1.54) is 12.0 Å². The van der Waals surface area contributed by atoms with Crippen LogP contribution in [0, 0.1) is 0 Å². The van der Waals surface area contributed by atoms with Crippen LogP contribution in [0.15, 0.2) is 47.4 Å². The fourth-order valence-electron chi connectivity index (χ4n) is 3.97. The lowest BCUT2D eigenvalue weighted by Crippen LogP contribution is -2.38. The van der Waals surface area contributed by atoms with E-state index in [4.69, 9.17) is 4.18 Å². The molecule has 1 fully saturated rings. The normalized spacial score (nSPS) is 18.0. The highest BCUT2D eigenvalue weighted by Gasteiger charge is 2.23. The van der Waals surface area contributed by atoms with Gasteiger partial charge in [-0.2, -0.15) is 13.1 Å². The third kappa shape index (κ3) is 5.63. The topological polar surface area (TPSA) is 75.7 Å². The van der Waals surface area contributed by atoms with E-state index in [1.54, 1.807) is 18.0 Å². The number of benzene rings is 2. The lowest BCUT2D eigenvalue weighted by atomic mass is 9.96. The van der Waals surface area contributed by atoms with Crippen molar-refractivity contribution in [3.05, 3.63) is 59.2 Å². The van der Waals surface area contributed by atoms with Crippen LogP contribution in [-0.2, 0) is 23.3 Å². The van der Waals surface area contributed by atoms with Crippen LogP contribution in [-0.4, -0.2) is 31.6 Å². The zero-order valence-corrected chi connectivity index (χ0v) is 18.4. The minimum absolute atomic E-state index is 0.0288. The summed E-state index contributed by atoms with van der Waals surface area (Å²) in [5.74, 6) is 0.347. The first-order valence-electron chi connectivity index (χ1n) is 10.3. The number of aldehydes is 1. The van der Waals surface area contributed by atoms with Crippen LogP contribution in [0.4, 0.5) is 0 Å². The van der Waals surface area contributed by atoms with Gasteiger partial charge in [0.1, 0.15) is 12.0 Å². The second kappa shape index (κ2) is 9.51. The van der Waals surface area contributed by atoms with Crippen LogP contribution in [0.2, 0.25) is 0 Å². The molecule has 0 amide bonds. The number of carbonyl (C=O) groups is 1. The summed E-state index contributed by atoms with van der Waals surface area (Å²) in [6.07, 6.45) is 6.74. The molecular weight excluding hydrogens is 420 g/mol. The highest BCUT2D eigenvalue weighted by Crippen LogP contribution is 2.31. The van der Waals surface area contributed by atoms with Crippen molar-refractivity contribution in [2.24, 2.45) is 0 Å². The molecule has 4 rings (SSSR count). The number of hydrogen-bond donors (Lipinski definition) is 1. The highest BCUT2D eigenvalue weighted by molar-refractivity contribution is 7.97. The second-order valence-electron chi connectivity index (χ2n) is 7.81. The van der Waals surface area contributed by atoms with E-state index in [0.717, 1.165) is 55.4 Å². The quantitative estimate of drug-likeness (QED) is 0.510. The van der Waals surface area contributed by atoms with Crippen LogP contribution >= 0.6 is 11.9 Å². The summed E-state index contributed by atoms with van der Waals surface area (Å²) in [5, 5.41) is 0. The SMILES string of the molecule is O=Cc1ccc(SN2CCc3ccc(OS(=O)(=O)NC4CCCCC4)cc3C2)cc1. The summed E-state index contributed by atoms with van der Waals surface area (Å²) >= 11 is 1.64. The zero-order valence-electron chi connectivity index (χ0n) is 16.7. The predicted molar refractivity (Wildman–Crippen MR) is 118 cm³/mol. The van der Waals surface area contributed by atoms with Gasteiger partial charge in [0.25, 0.3) is 0 Å². The van der Waals surface area contributed by atoms with Crippen molar-refractivity contribution in [2.75, 3.05) is 6.54 Å². The molecule has 6 nitrogen and oxygen atoms in total. The molecule has 0 spiro atoms. The van der Waals surface area contributed by atoms with Gasteiger partial charge in [-0.15, -0.1) is 0 Å². The van der Waals surface area contributed by atoms with Gasteiger partial charge < -0.3 is 4.18 Å². The van der Waals surface area contributed by atoms with E-state index in [1.807, 2.05) is 36.4 Å². The monoisotopic (exact) mass is 446 g/mol. The summed E-state index contributed by atoms with van der Waals surface area (Å²) in [5.41, 5.74) is 2.95. The maximum Gasteiger partial charge on any atom is 0.382 e. The maximum absolute atomic E-state index is 12.4. The van der Waals surface area contributed by atoms with Crippen molar-refractivity contribution in [1.29, 1.82) is 0 Å². The second-order valence-corrected chi connectivity index (χ2v) is 10.3. The van der Waals surface area contributed by atoms with Crippen LogP contribution in [0.25, 0.3) is 0 Å². The molecule has 1 heterocycles. The minimum Gasteiger partial charge on any atom is -0.371 e. The van der Waals surface area contributed by atoms with Gasteiger partial charge in [0.2, 0.25) is 0 Å². The van der Waals surface area contributed by atoms with Crippen molar-refractivity contribution >= 4 is 28.5 Å². The Bertz CT molecular complexity index is 987. The average Bonchev–Trinajstić information content (AvgIpc) is 2.74. The lowest BCUT2D eigenvalue weighted by molar-refractivity contribution is 0.112. The minimum atomic E-state index is -3.83. The average molecular weight is 447 g/mol. The molecule has 0 saturated heterocycles. The van der Waals surface area contributed by atoms with Gasteiger partial charge in [-0.1, -0.05) is 37.5 Å². The van der Waals surface area contributed by atoms with Crippen LogP contribution in [0.1, 0.15) is 53.6 Å². The van der Waals surface area contributed by atoms with Gasteiger partial charge in [0.15, 0.2) is 0 Å². The number of fused-ring (bicyclic) bond motifs is 1. The molecule has 0 unspecified atom stereocenters. The maximum atomic E-state index is 12.4. The summed E-state index contributed by atoms with van der Waals surface area (Å²) in [6, 6.07) is 13.0. The summed E-state index contributed by atoms with van der Waals surface area (Å²) in [6.45, 7) is 1.59. The van der Waals surface area contributed by atoms with E-state index in [-0.39, 0.29) is 6.04 Å². The fraction of sp³-hybridized carbons (Fsp3) is 0.409. The molecule has 160 valence electrons. The number of hydrogen-bond acceptors (Lipinski definition) is 6. The van der Waals surface area contributed by atoms with Crippen molar-refractivity contribution in [1.82, 2.24) is 9.03 Å². The van der Waals surface area contributed by atoms with Gasteiger partial charge in [-0.3, -0.25) is 4.79 Å². The smallest absolute Gasteiger partial charge is 0.371 e. The molecule has 0 bridgehead atoms. The highest BCUT2D eigenvalue weighted by atomic mass is 32.2. The standard InChI is InChI=1S/C22H26N2O4S2/c25-16-17-6-10-22(11-7-17)29-24-13-12-18-8-9-21(14-19(18)15-24)28-30(26,27)23-20-4-2-1-3-5-20/h6-11,14,16,20,23H,1-5,12-13,15H2. The number of rotatable bonds is 7. The van der Waals surface area contributed by atoms with Crippen molar-refractivity contribution in [3.63, 3.8) is 0 Å². The van der Waals surface area contributed by atoms with E-state index in [0.29, 0.717) is 17.9 Å². The third-order valence-electron chi connectivity index (χ3n) is 5.53. The molecule has 2 aliphatic rings. The molecule has 0 aromatic heterocycles. The van der Waals surface area contributed by atoms with E-state index in [2.05, 4.69) is 9.03 Å². The van der Waals surface area contributed by atoms with E-state index < -0.39 is 10.3 Å². The van der Waals surface area contributed by atoms with Crippen molar-refractivity contribution < 1.29 is 17.4 Å². The molecule has 30 heavy (non-hydrogen) atoms. The molecule has 0 atom stereocenters. The van der Waals surface area contributed by atoms with Gasteiger partial charge in [-0.25, -0.2) is 4.31 Å². The Kier molecular flexibility index (Phi) is 6.77. The van der Waals surface area contributed by atoms with E-state index in [9.17, 15) is 13.2 Å². The first-order chi connectivity index (χ1) is 14.5. The largest absolute Gasteiger partial charge is 0.382 e. The molecule has 0 radical (unpaired) electrons. The molecular formula is C22H26N2O4S2. The Morgan fingerprint density at radius 1 is 1.03 bits per heavy atom. The van der Waals surface area contributed by atoms with Crippen molar-refractivity contribution in [2.45, 2.75) is 56.0 Å². The molecule has 1 aliphatic heterocycles. The summed E-state index contributed by atoms with van der Waals surface area (Å²) in [7, 11) is -3.83. The molecule has 2 aromatic rings. The Morgan fingerprint density at radius 3 is 2.53 bits per heavy atom. The van der Waals surface area contributed by atoms with Crippen LogP contribution in [0.5, 0.6) is 5.75 Å². The lowest BCUT2D eigenvalue weighted by Gasteiger charge is -2.28. The van der Waals surface area contributed by atoms with Gasteiger partial charge in [0, 0.05) is 29.6 Å². The summed E-state index contributed by atoms with van der Waals surface area (Å²) in [4.78, 5) is 11.9. The zero-order chi connectivity index (χ0) is 21.0. The third-order valence-corrected chi connectivity index (χ3v) is 7.61. The Hall–Kier alpha value is -1.87. The summed E-state index contributed by atoms with van der Waals surface area (Å²) < 4.78 is 35.1. The van der Waals surface area contributed by atoms with E-state index >= 15 is 0 Å². The Morgan fingerprint density at radius 2 is 1.80 bits per heavy atom. The molecule has 1 aliphatic carbocycles. The number of nitrogens with one attached hydrogen (secondary N) is 1. The van der Waals surface area contributed by atoms with Crippen molar-refractivity contribution in [3.8, 4) is 5.75 Å². The Balaban J connectivity index is 1.40. The van der Waals surface area contributed by atoms with Crippen LogP contribution < -0.4 is 8.91 Å². The first kappa shape index (κ1) is 21.4. The molecule has 8 heteroatoms. The Labute approximate surface area is 182 Å². The molecule has 1 saturated carbocycles. The van der Waals surface area contributed by atoms with Crippen LogP contribution in [0.3, 0.4) is 0 Å². The number of nitrogens with zero attached hydrogens (tertiary/aromatic N) is 1. The molecule has 2 aromatic carbocycles. The number of carbonyl (C=O) groups excluding carboxylic acids is 1. The first-order valence-corrected chi connectivity index (χ1v) is 12.5. The predicted octanol–water partition coefficient (Wildman–Crippen LogP) is 4.11. The molecule has 1 N–H and O–H groups in total. The fourth-order valence-corrected chi connectivity index (χ4v) is 5.96. The van der Waals surface area contributed by atoms with Gasteiger partial charge in [0.05, 0.1) is 0 Å². The van der Waals surface area contributed by atoms with Gasteiger partial charge >= 0.3 is 10.3 Å².